The fourth-order valence-electron chi connectivity index (χ4n) is 1.86. The zero-order valence-corrected chi connectivity index (χ0v) is 10.7. The quantitative estimate of drug-likeness (QED) is 0.358. The largest absolute Gasteiger partial charge is 0.409 e. The standard InChI is InChI=1S/C13H19N3O2/c1-3-16(4-2)13(17)11(12(14)15-18)10-8-6-5-7-9-10/h5-9,11,18H,3-4H2,1-2H3,(H2,14,15). The van der Waals surface area contributed by atoms with Gasteiger partial charge in [-0.2, -0.15) is 0 Å². The second-order valence-corrected chi connectivity index (χ2v) is 3.88. The topological polar surface area (TPSA) is 78.9 Å². The van der Waals surface area contributed by atoms with Crippen molar-refractivity contribution in [2.75, 3.05) is 13.1 Å². The van der Waals surface area contributed by atoms with Gasteiger partial charge in [0.2, 0.25) is 5.91 Å². The van der Waals surface area contributed by atoms with E-state index >= 15 is 0 Å². The molecule has 1 unspecified atom stereocenters. The van der Waals surface area contributed by atoms with Crippen molar-refractivity contribution in [2.24, 2.45) is 10.9 Å². The van der Waals surface area contributed by atoms with Gasteiger partial charge >= 0.3 is 0 Å². The normalized spacial score (nSPS) is 13.1. The maximum atomic E-state index is 12.4. The Balaban J connectivity index is 3.11. The summed E-state index contributed by atoms with van der Waals surface area (Å²) in [6.45, 7) is 4.99. The van der Waals surface area contributed by atoms with Gasteiger partial charge in [-0.15, -0.1) is 0 Å². The highest BCUT2D eigenvalue weighted by Gasteiger charge is 2.28. The third-order valence-electron chi connectivity index (χ3n) is 2.87. The smallest absolute Gasteiger partial charge is 0.237 e. The second-order valence-electron chi connectivity index (χ2n) is 3.88. The van der Waals surface area contributed by atoms with Crippen molar-refractivity contribution in [3.05, 3.63) is 35.9 Å². The minimum atomic E-state index is -0.726. The van der Waals surface area contributed by atoms with E-state index in [2.05, 4.69) is 5.16 Å². The Morgan fingerprint density at radius 1 is 1.33 bits per heavy atom. The third-order valence-corrected chi connectivity index (χ3v) is 2.87. The van der Waals surface area contributed by atoms with Crippen LogP contribution in [-0.4, -0.2) is 34.9 Å². The molecule has 0 aliphatic heterocycles. The van der Waals surface area contributed by atoms with E-state index in [0.717, 1.165) is 5.56 Å². The summed E-state index contributed by atoms with van der Waals surface area (Å²) in [7, 11) is 0. The van der Waals surface area contributed by atoms with Crippen molar-refractivity contribution < 1.29 is 10.0 Å². The first-order chi connectivity index (χ1) is 8.65. The van der Waals surface area contributed by atoms with Crippen LogP contribution in [0.25, 0.3) is 0 Å². The van der Waals surface area contributed by atoms with Crippen molar-refractivity contribution in [1.29, 1.82) is 0 Å². The van der Waals surface area contributed by atoms with Crippen LogP contribution in [0.1, 0.15) is 25.3 Å². The maximum absolute atomic E-state index is 12.4. The Hall–Kier alpha value is -2.04. The van der Waals surface area contributed by atoms with Gasteiger partial charge in [0.15, 0.2) is 5.84 Å². The molecule has 1 amide bonds. The van der Waals surface area contributed by atoms with Crippen molar-refractivity contribution in [3.8, 4) is 0 Å². The number of oxime groups is 1. The number of benzene rings is 1. The van der Waals surface area contributed by atoms with Crippen LogP contribution in [-0.2, 0) is 4.79 Å². The molecule has 0 saturated carbocycles. The molecule has 1 rings (SSSR count). The van der Waals surface area contributed by atoms with Gasteiger partial charge in [-0.05, 0) is 19.4 Å². The Bertz CT molecular complexity index is 414. The van der Waals surface area contributed by atoms with Gasteiger partial charge in [-0.3, -0.25) is 4.79 Å². The lowest BCUT2D eigenvalue weighted by Crippen LogP contribution is -2.40. The fraction of sp³-hybridized carbons (Fsp3) is 0.385. The highest BCUT2D eigenvalue weighted by Crippen LogP contribution is 2.18. The van der Waals surface area contributed by atoms with Gasteiger partial charge in [-0.1, -0.05) is 35.5 Å². The first-order valence-corrected chi connectivity index (χ1v) is 5.96. The molecule has 0 bridgehead atoms. The zero-order valence-electron chi connectivity index (χ0n) is 10.7. The molecule has 18 heavy (non-hydrogen) atoms. The molecule has 0 heterocycles. The predicted octanol–water partition coefficient (Wildman–Crippen LogP) is 1.38. The van der Waals surface area contributed by atoms with E-state index < -0.39 is 5.92 Å². The summed E-state index contributed by atoms with van der Waals surface area (Å²) in [5.41, 5.74) is 6.38. The van der Waals surface area contributed by atoms with Crippen LogP contribution >= 0.6 is 0 Å². The molecule has 5 nitrogen and oxygen atoms in total. The molecule has 0 radical (unpaired) electrons. The number of nitrogens with zero attached hydrogens (tertiary/aromatic N) is 2. The highest BCUT2D eigenvalue weighted by molar-refractivity contribution is 6.07. The molecule has 1 atom stereocenters. The number of carbonyl (C=O) groups is 1. The predicted molar refractivity (Wildman–Crippen MR) is 70.5 cm³/mol. The number of likely N-dealkylation sites (N-methyl/N-ethyl adjacent to an activating group) is 1. The SMILES string of the molecule is CCN(CC)C(=O)C(C(N)=NO)c1ccccc1. The van der Waals surface area contributed by atoms with Gasteiger partial charge in [-0.25, -0.2) is 0 Å². The fourth-order valence-corrected chi connectivity index (χ4v) is 1.86. The second kappa shape index (κ2) is 6.64. The van der Waals surface area contributed by atoms with Gasteiger partial charge in [0.1, 0.15) is 5.92 Å². The molecule has 0 fully saturated rings. The van der Waals surface area contributed by atoms with E-state index in [1.807, 2.05) is 32.0 Å². The monoisotopic (exact) mass is 249 g/mol. The van der Waals surface area contributed by atoms with Crippen LogP contribution in [0.5, 0.6) is 0 Å². The number of rotatable bonds is 5. The molecule has 3 N–H and O–H groups in total. The van der Waals surface area contributed by atoms with Crippen LogP contribution in [0, 0.1) is 0 Å². The molecule has 98 valence electrons. The number of carbonyl (C=O) groups excluding carboxylic acids is 1. The molecule has 0 aliphatic carbocycles. The van der Waals surface area contributed by atoms with Gasteiger partial charge in [0.25, 0.3) is 0 Å². The van der Waals surface area contributed by atoms with Crippen LogP contribution in [0.3, 0.4) is 0 Å². The molecular formula is C13H19N3O2. The molecule has 1 aromatic rings. The average molecular weight is 249 g/mol. The van der Waals surface area contributed by atoms with Crippen LogP contribution in [0.4, 0.5) is 0 Å². The van der Waals surface area contributed by atoms with Crippen LogP contribution < -0.4 is 5.73 Å². The highest BCUT2D eigenvalue weighted by atomic mass is 16.4. The lowest BCUT2D eigenvalue weighted by molar-refractivity contribution is -0.130. The van der Waals surface area contributed by atoms with E-state index in [9.17, 15) is 4.79 Å². The minimum Gasteiger partial charge on any atom is -0.409 e. The maximum Gasteiger partial charge on any atom is 0.237 e. The van der Waals surface area contributed by atoms with Crippen molar-refractivity contribution >= 4 is 11.7 Å². The summed E-state index contributed by atoms with van der Waals surface area (Å²) >= 11 is 0. The number of hydrogen-bond acceptors (Lipinski definition) is 3. The van der Waals surface area contributed by atoms with Crippen molar-refractivity contribution in [2.45, 2.75) is 19.8 Å². The third kappa shape index (κ3) is 3.00. The number of hydrogen-bond donors (Lipinski definition) is 2. The Morgan fingerprint density at radius 3 is 2.33 bits per heavy atom. The summed E-state index contributed by atoms with van der Waals surface area (Å²) in [6.07, 6.45) is 0. The summed E-state index contributed by atoms with van der Waals surface area (Å²) in [4.78, 5) is 14.0. The number of nitrogens with two attached hydrogens (primary N) is 1. The van der Waals surface area contributed by atoms with E-state index in [1.165, 1.54) is 0 Å². The Labute approximate surface area is 107 Å². The van der Waals surface area contributed by atoms with Crippen molar-refractivity contribution in [3.63, 3.8) is 0 Å². The first-order valence-electron chi connectivity index (χ1n) is 5.96. The van der Waals surface area contributed by atoms with Gasteiger partial charge in [0, 0.05) is 13.1 Å². The minimum absolute atomic E-state index is 0.0851. The van der Waals surface area contributed by atoms with E-state index in [0.29, 0.717) is 13.1 Å². The van der Waals surface area contributed by atoms with Gasteiger partial charge in [0.05, 0.1) is 0 Å². The molecule has 0 aliphatic rings. The lowest BCUT2D eigenvalue weighted by atomic mass is 9.96. The van der Waals surface area contributed by atoms with Crippen LogP contribution in [0.15, 0.2) is 35.5 Å². The van der Waals surface area contributed by atoms with Crippen molar-refractivity contribution in [1.82, 2.24) is 4.90 Å². The number of amides is 1. The van der Waals surface area contributed by atoms with E-state index in [-0.39, 0.29) is 11.7 Å². The molecule has 1 aromatic carbocycles. The van der Waals surface area contributed by atoms with Crippen LogP contribution in [0.2, 0.25) is 0 Å². The molecule has 0 aromatic heterocycles. The van der Waals surface area contributed by atoms with Gasteiger partial charge < -0.3 is 15.8 Å². The summed E-state index contributed by atoms with van der Waals surface area (Å²) in [6, 6.07) is 9.09. The zero-order chi connectivity index (χ0) is 13.5. The Morgan fingerprint density at radius 2 is 1.89 bits per heavy atom. The summed E-state index contributed by atoms with van der Waals surface area (Å²) < 4.78 is 0. The first kappa shape index (κ1) is 14.0. The lowest BCUT2D eigenvalue weighted by Gasteiger charge is -2.24. The molecule has 0 spiro atoms. The summed E-state index contributed by atoms with van der Waals surface area (Å²) in [5.74, 6) is -0.962. The summed E-state index contributed by atoms with van der Waals surface area (Å²) in [5, 5.41) is 11.8. The van der Waals surface area contributed by atoms with E-state index in [1.54, 1.807) is 17.0 Å². The average Bonchev–Trinajstić information content (AvgIpc) is 2.41. The Kier molecular flexibility index (Phi) is 5.17. The molecule has 5 heteroatoms. The molecule has 0 saturated heterocycles. The number of amidine groups is 1. The molecular weight excluding hydrogens is 230 g/mol. The van der Waals surface area contributed by atoms with E-state index in [4.69, 9.17) is 10.9 Å².